The predicted octanol–water partition coefficient (Wildman–Crippen LogP) is 4.98. The number of aryl methyl sites for hydroxylation is 1. The molecule has 0 unspecified atom stereocenters. The van der Waals surface area contributed by atoms with Crippen LogP contribution in [0.3, 0.4) is 0 Å². The number of hydrogen-bond donors (Lipinski definition) is 0. The summed E-state index contributed by atoms with van der Waals surface area (Å²) in [6.45, 7) is 0.931. The first-order valence-corrected chi connectivity index (χ1v) is 8.76. The van der Waals surface area contributed by atoms with Crippen LogP contribution in [0.2, 0.25) is 0 Å². The average molecular weight is 346 g/mol. The fraction of sp³-hybridized carbons (Fsp3) is 0.174. The molecule has 0 atom stereocenters. The molecule has 0 amide bonds. The molecule has 0 aromatic heterocycles. The summed E-state index contributed by atoms with van der Waals surface area (Å²) >= 11 is 0. The summed E-state index contributed by atoms with van der Waals surface area (Å²) in [5.74, 6) is 1.42. The summed E-state index contributed by atoms with van der Waals surface area (Å²) in [6.07, 6.45) is 2.03. The number of benzene rings is 3. The fourth-order valence-corrected chi connectivity index (χ4v) is 2.72. The molecular formula is C23H22O3. The molecular weight excluding hydrogens is 324 g/mol. The van der Waals surface area contributed by atoms with Gasteiger partial charge in [0.2, 0.25) is 0 Å². The van der Waals surface area contributed by atoms with Crippen molar-refractivity contribution in [3.05, 3.63) is 95.6 Å². The van der Waals surface area contributed by atoms with Gasteiger partial charge in [-0.05, 0) is 29.2 Å². The molecule has 3 aromatic carbocycles. The highest BCUT2D eigenvalue weighted by molar-refractivity contribution is 5.53. The van der Waals surface area contributed by atoms with Crippen LogP contribution in [0.4, 0.5) is 0 Å². The van der Waals surface area contributed by atoms with Crippen molar-refractivity contribution in [2.24, 2.45) is 0 Å². The molecule has 0 spiro atoms. The van der Waals surface area contributed by atoms with Crippen LogP contribution in [0.1, 0.15) is 23.1 Å². The molecule has 0 aliphatic rings. The topological polar surface area (TPSA) is 35.5 Å². The van der Waals surface area contributed by atoms with E-state index in [0.717, 1.165) is 23.0 Å². The highest BCUT2D eigenvalue weighted by Gasteiger charge is 2.12. The Kier molecular flexibility index (Phi) is 6.43. The summed E-state index contributed by atoms with van der Waals surface area (Å²) in [4.78, 5) is 10.8. The lowest BCUT2D eigenvalue weighted by atomic mass is 10.1. The van der Waals surface area contributed by atoms with Gasteiger partial charge in [-0.2, -0.15) is 0 Å². The summed E-state index contributed by atoms with van der Waals surface area (Å²) in [6, 6.07) is 25.9. The first-order valence-electron chi connectivity index (χ1n) is 8.76. The van der Waals surface area contributed by atoms with E-state index in [1.807, 2.05) is 78.9 Å². The maximum absolute atomic E-state index is 10.8. The van der Waals surface area contributed by atoms with Crippen molar-refractivity contribution in [1.29, 1.82) is 0 Å². The van der Waals surface area contributed by atoms with Gasteiger partial charge in [0.05, 0.1) is 0 Å². The van der Waals surface area contributed by atoms with Gasteiger partial charge in [-0.15, -0.1) is 0 Å². The van der Waals surface area contributed by atoms with E-state index in [0.29, 0.717) is 37.6 Å². The third-order valence-electron chi connectivity index (χ3n) is 4.06. The Labute approximate surface area is 154 Å². The van der Waals surface area contributed by atoms with Crippen LogP contribution in [0.15, 0.2) is 78.9 Å². The second-order valence-electron chi connectivity index (χ2n) is 6.00. The van der Waals surface area contributed by atoms with Gasteiger partial charge in [-0.1, -0.05) is 72.8 Å². The molecule has 0 fully saturated rings. The fourth-order valence-electron chi connectivity index (χ4n) is 2.72. The van der Waals surface area contributed by atoms with Crippen molar-refractivity contribution in [1.82, 2.24) is 0 Å². The lowest BCUT2D eigenvalue weighted by Crippen LogP contribution is -2.03. The average Bonchev–Trinajstić information content (AvgIpc) is 2.71. The van der Waals surface area contributed by atoms with Crippen LogP contribution in [0, 0.1) is 0 Å². The van der Waals surface area contributed by atoms with E-state index in [9.17, 15) is 4.79 Å². The lowest BCUT2D eigenvalue weighted by molar-refractivity contribution is -0.107. The third kappa shape index (κ3) is 4.96. The number of carbonyl (C=O) groups is 1. The summed E-state index contributed by atoms with van der Waals surface area (Å²) in [5, 5.41) is 0. The standard InChI is InChI=1S/C23H22O3/c24-16-8-14-21-13-7-15-22(25-17-19-9-3-1-4-10-19)23(21)26-18-20-11-5-2-6-12-20/h1-7,9-13,15-16H,8,14,17-18H2. The zero-order valence-electron chi connectivity index (χ0n) is 14.6. The molecule has 0 aliphatic carbocycles. The van der Waals surface area contributed by atoms with E-state index >= 15 is 0 Å². The van der Waals surface area contributed by atoms with Crippen molar-refractivity contribution in [2.45, 2.75) is 26.1 Å². The van der Waals surface area contributed by atoms with Crippen molar-refractivity contribution >= 4 is 6.29 Å². The maximum atomic E-state index is 10.8. The predicted molar refractivity (Wildman–Crippen MR) is 102 cm³/mol. The summed E-state index contributed by atoms with van der Waals surface area (Å²) in [7, 11) is 0. The maximum Gasteiger partial charge on any atom is 0.164 e. The number of hydrogen-bond acceptors (Lipinski definition) is 3. The van der Waals surface area contributed by atoms with Crippen molar-refractivity contribution in [2.75, 3.05) is 0 Å². The van der Waals surface area contributed by atoms with Crippen molar-refractivity contribution in [3.63, 3.8) is 0 Å². The number of carbonyl (C=O) groups excluding carboxylic acids is 1. The minimum Gasteiger partial charge on any atom is -0.485 e. The second kappa shape index (κ2) is 9.42. The van der Waals surface area contributed by atoms with E-state index in [1.165, 1.54) is 0 Å². The van der Waals surface area contributed by atoms with Gasteiger partial charge in [0.25, 0.3) is 0 Å². The zero-order chi connectivity index (χ0) is 18.0. The molecule has 132 valence electrons. The summed E-state index contributed by atoms with van der Waals surface area (Å²) in [5.41, 5.74) is 3.17. The van der Waals surface area contributed by atoms with Gasteiger partial charge in [-0.25, -0.2) is 0 Å². The Morgan fingerprint density at radius 1 is 0.692 bits per heavy atom. The monoisotopic (exact) mass is 346 g/mol. The van der Waals surface area contributed by atoms with E-state index in [-0.39, 0.29) is 0 Å². The molecule has 0 saturated carbocycles. The number of rotatable bonds is 9. The first kappa shape index (κ1) is 17.7. The number of ether oxygens (including phenoxy) is 2. The molecule has 3 aromatic rings. The van der Waals surface area contributed by atoms with Crippen LogP contribution in [-0.2, 0) is 24.4 Å². The van der Waals surface area contributed by atoms with E-state index in [1.54, 1.807) is 0 Å². The Bertz CT molecular complexity index is 813. The number of aldehydes is 1. The third-order valence-corrected chi connectivity index (χ3v) is 4.06. The molecule has 0 bridgehead atoms. The van der Waals surface area contributed by atoms with Gasteiger partial charge in [0.15, 0.2) is 11.5 Å². The highest BCUT2D eigenvalue weighted by Crippen LogP contribution is 2.33. The second-order valence-corrected chi connectivity index (χ2v) is 6.00. The normalized spacial score (nSPS) is 10.3. The molecule has 3 heteroatoms. The molecule has 0 N–H and O–H groups in total. The molecule has 0 aliphatic heterocycles. The van der Waals surface area contributed by atoms with Crippen LogP contribution < -0.4 is 9.47 Å². The molecule has 0 radical (unpaired) electrons. The Morgan fingerprint density at radius 3 is 1.92 bits per heavy atom. The van der Waals surface area contributed by atoms with Crippen LogP contribution in [0.25, 0.3) is 0 Å². The van der Waals surface area contributed by atoms with E-state index < -0.39 is 0 Å². The Balaban J connectivity index is 1.78. The molecule has 3 nitrogen and oxygen atoms in total. The van der Waals surface area contributed by atoms with E-state index in [2.05, 4.69) is 0 Å². The van der Waals surface area contributed by atoms with Gasteiger partial charge in [-0.3, -0.25) is 0 Å². The quantitative estimate of drug-likeness (QED) is 0.513. The minimum atomic E-state index is 0.459. The minimum absolute atomic E-state index is 0.459. The van der Waals surface area contributed by atoms with Crippen molar-refractivity contribution in [3.8, 4) is 11.5 Å². The van der Waals surface area contributed by atoms with Gasteiger partial charge in [0, 0.05) is 6.42 Å². The van der Waals surface area contributed by atoms with Crippen LogP contribution in [-0.4, -0.2) is 6.29 Å². The Morgan fingerprint density at radius 2 is 1.31 bits per heavy atom. The van der Waals surface area contributed by atoms with E-state index in [4.69, 9.17) is 9.47 Å². The molecule has 26 heavy (non-hydrogen) atoms. The number of para-hydroxylation sites is 1. The smallest absolute Gasteiger partial charge is 0.164 e. The van der Waals surface area contributed by atoms with Crippen LogP contribution >= 0.6 is 0 Å². The van der Waals surface area contributed by atoms with Gasteiger partial charge in [0.1, 0.15) is 19.5 Å². The highest BCUT2D eigenvalue weighted by atomic mass is 16.5. The lowest BCUT2D eigenvalue weighted by Gasteiger charge is -2.16. The SMILES string of the molecule is O=CCCc1cccc(OCc2ccccc2)c1OCc1ccccc1. The zero-order valence-corrected chi connectivity index (χ0v) is 14.6. The molecule has 3 rings (SSSR count). The Hall–Kier alpha value is -3.07. The molecule has 0 saturated heterocycles. The molecule has 0 heterocycles. The van der Waals surface area contributed by atoms with Gasteiger partial charge >= 0.3 is 0 Å². The van der Waals surface area contributed by atoms with Crippen LogP contribution in [0.5, 0.6) is 11.5 Å². The largest absolute Gasteiger partial charge is 0.485 e. The van der Waals surface area contributed by atoms with Crippen molar-refractivity contribution < 1.29 is 14.3 Å². The first-order chi connectivity index (χ1) is 12.9. The van der Waals surface area contributed by atoms with Gasteiger partial charge < -0.3 is 14.3 Å². The summed E-state index contributed by atoms with van der Waals surface area (Å²) < 4.78 is 12.1.